The first kappa shape index (κ1) is 11.5. The van der Waals surface area contributed by atoms with Gasteiger partial charge < -0.3 is 5.73 Å². The fraction of sp³-hybridized carbons (Fsp3) is 0.600. The van der Waals surface area contributed by atoms with E-state index in [1.165, 1.54) is 44.1 Å². The van der Waals surface area contributed by atoms with Crippen molar-refractivity contribution in [3.63, 3.8) is 0 Å². The van der Waals surface area contributed by atoms with Crippen LogP contribution in [-0.2, 0) is 0 Å². The maximum Gasteiger partial charge on any atom is 0.0314 e. The summed E-state index contributed by atoms with van der Waals surface area (Å²) in [5.41, 5.74) is 8.09. The predicted molar refractivity (Wildman–Crippen MR) is 70.5 cm³/mol. The molecule has 1 saturated carbocycles. The van der Waals surface area contributed by atoms with Crippen LogP contribution in [0, 0.1) is 5.92 Å². The van der Waals surface area contributed by atoms with Gasteiger partial charge in [0, 0.05) is 5.69 Å². The Bertz CT molecular complexity index is 307. The van der Waals surface area contributed by atoms with Gasteiger partial charge in [0.2, 0.25) is 0 Å². The molecular weight excluding hydrogens is 194 g/mol. The summed E-state index contributed by atoms with van der Waals surface area (Å²) in [7, 11) is 0. The van der Waals surface area contributed by atoms with Crippen LogP contribution in [-0.4, -0.2) is 0 Å². The van der Waals surface area contributed by atoms with E-state index in [-0.39, 0.29) is 0 Å². The van der Waals surface area contributed by atoms with E-state index >= 15 is 0 Å². The summed E-state index contributed by atoms with van der Waals surface area (Å²) in [5.74, 6) is 1.78. The fourth-order valence-electron chi connectivity index (χ4n) is 2.96. The second-order valence-corrected chi connectivity index (χ2v) is 5.17. The van der Waals surface area contributed by atoms with E-state index in [0.29, 0.717) is 0 Å². The van der Waals surface area contributed by atoms with Gasteiger partial charge in [0.05, 0.1) is 0 Å². The van der Waals surface area contributed by atoms with Gasteiger partial charge in [-0.3, -0.25) is 0 Å². The molecular formula is C15H23N. The highest BCUT2D eigenvalue weighted by atomic mass is 14.5. The lowest BCUT2D eigenvalue weighted by Gasteiger charge is -2.28. The Hall–Kier alpha value is -0.980. The summed E-state index contributed by atoms with van der Waals surface area (Å²) in [6.07, 6.45) is 8.35. The van der Waals surface area contributed by atoms with E-state index in [2.05, 4.69) is 19.1 Å². The van der Waals surface area contributed by atoms with Gasteiger partial charge in [-0.15, -0.1) is 0 Å². The molecule has 0 aliphatic heterocycles. The summed E-state index contributed by atoms with van der Waals surface area (Å²) in [6.45, 7) is 2.30. The molecule has 2 N–H and O–H groups in total. The Morgan fingerprint density at radius 3 is 2.25 bits per heavy atom. The van der Waals surface area contributed by atoms with Crippen LogP contribution >= 0.6 is 0 Å². The molecule has 1 aliphatic rings. The summed E-state index contributed by atoms with van der Waals surface area (Å²) >= 11 is 0. The molecule has 0 bridgehead atoms. The molecule has 0 unspecified atom stereocenters. The molecule has 0 heterocycles. The van der Waals surface area contributed by atoms with Gasteiger partial charge in [0.1, 0.15) is 0 Å². The second kappa shape index (κ2) is 5.38. The number of benzene rings is 1. The largest absolute Gasteiger partial charge is 0.399 e. The Balaban J connectivity index is 1.91. The lowest BCUT2D eigenvalue weighted by molar-refractivity contribution is 0.308. The average Bonchev–Trinajstić information content (AvgIpc) is 2.32. The first-order chi connectivity index (χ1) is 7.79. The molecule has 2 rings (SSSR count). The fourth-order valence-corrected chi connectivity index (χ4v) is 2.96. The molecule has 1 heteroatoms. The molecule has 1 aromatic carbocycles. The van der Waals surface area contributed by atoms with Crippen molar-refractivity contribution in [1.29, 1.82) is 0 Å². The van der Waals surface area contributed by atoms with Crippen LogP contribution in [0.4, 0.5) is 5.69 Å². The van der Waals surface area contributed by atoms with Gasteiger partial charge in [-0.25, -0.2) is 0 Å². The Labute approximate surface area is 99.0 Å². The van der Waals surface area contributed by atoms with Gasteiger partial charge in [-0.05, 0) is 55.2 Å². The molecule has 1 nitrogen and oxygen atoms in total. The molecule has 16 heavy (non-hydrogen) atoms. The Morgan fingerprint density at radius 1 is 1.06 bits per heavy atom. The number of nitrogens with two attached hydrogens (primary N) is 1. The zero-order chi connectivity index (χ0) is 11.4. The number of hydrogen-bond donors (Lipinski definition) is 1. The summed E-state index contributed by atoms with van der Waals surface area (Å²) in [4.78, 5) is 0. The van der Waals surface area contributed by atoms with Crippen molar-refractivity contribution in [1.82, 2.24) is 0 Å². The molecule has 0 aromatic heterocycles. The number of rotatable bonds is 3. The molecule has 0 radical (unpaired) electrons. The van der Waals surface area contributed by atoms with Crippen LogP contribution in [0.15, 0.2) is 24.3 Å². The van der Waals surface area contributed by atoms with Crippen molar-refractivity contribution in [2.75, 3.05) is 5.73 Å². The molecule has 0 amide bonds. The molecule has 1 aromatic rings. The normalized spacial score (nSPS) is 25.6. The van der Waals surface area contributed by atoms with Crippen molar-refractivity contribution in [3.05, 3.63) is 29.8 Å². The van der Waals surface area contributed by atoms with Gasteiger partial charge in [-0.1, -0.05) is 31.9 Å². The molecule has 1 fully saturated rings. The van der Waals surface area contributed by atoms with E-state index in [9.17, 15) is 0 Å². The summed E-state index contributed by atoms with van der Waals surface area (Å²) < 4.78 is 0. The van der Waals surface area contributed by atoms with Crippen molar-refractivity contribution < 1.29 is 0 Å². The van der Waals surface area contributed by atoms with E-state index < -0.39 is 0 Å². The predicted octanol–water partition coefficient (Wildman–Crippen LogP) is 4.34. The van der Waals surface area contributed by atoms with E-state index in [4.69, 9.17) is 5.73 Å². The number of anilines is 1. The van der Waals surface area contributed by atoms with Crippen LogP contribution in [0.2, 0.25) is 0 Å². The zero-order valence-corrected chi connectivity index (χ0v) is 10.3. The third kappa shape index (κ3) is 2.78. The van der Waals surface area contributed by atoms with E-state index in [0.717, 1.165) is 17.5 Å². The van der Waals surface area contributed by atoms with Crippen molar-refractivity contribution in [3.8, 4) is 0 Å². The first-order valence-corrected chi connectivity index (χ1v) is 6.65. The number of hydrogen-bond acceptors (Lipinski definition) is 1. The summed E-state index contributed by atoms with van der Waals surface area (Å²) in [5, 5.41) is 0. The summed E-state index contributed by atoms with van der Waals surface area (Å²) in [6, 6.07) is 8.49. The SMILES string of the molecule is CCC[C@H]1CC[C@H](c2ccc(N)cc2)CC1. The third-order valence-corrected chi connectivity index (χ3v) is 3.95. The van der Waals surface area contributed by atoms with E-state index in [1.54, 1.807) is 0 Å². The van der Waals surface area contributed by atoms with Crippen LogP contribution in [0.25, 0.3) is 0 Å². The molecule has 0 atom stereocenters. The monoisotopic (exact) mass is 217 g/mol. The van der Waals surface area contributed by atoms with Crippen LogP contribution < -0.4 is 5.73 Å². The van der Waals surface area contributed by atoms with E-state index in [1.807, 2.05) is 12.1 Å². The smallest absolute Gasteiger partial charge is 0.0314 e. The lowest BCUT2D eigenvalue weighted by atomic mass is 9.77. The molecule has 0 saturated heterocycles. The highest BCUT2D eigenvalue weighted by molar-refractivity contribution is 5.40. The highest BCUT2D eigenvalue weighted by Crippen LogP contribution is 2.37. The highest BCUT2D eigenvalue weighted by Gasteiger charge is 2.21. The minimum atomic E-state index is 0.786. The maximum absolute atomic E-state index is 5.72. The van der Waals surface area contributed by atoms with Crippen LogP contribution in [0.3, 0.4) is 0 Å². The number of nitrogen functional groups attached to an aromatic ring is 1. The van der Waals surface area contributed by atoms with Gasteiger partial charge in [0.25, 0.3) is 0 Å². The van der Waals surface area contributed by atoms with Crippen molar-refractivity contribution in [2.45, 2.75) is 51.4 Å². The van der Waals surface area contributed by atoms with Gasteiger partial charge in [0.15, 0.2) is 0 Å². The molecule has 0 spiro atoms. The quantitative estimate of drug-likeness (QED) is 0.749. The maximum atomic E-state index is 5.72. The van der Waals surface area contributed by atoms with Gasteiger partial charge in [-0.2, -0.15) is 0 Å². The standard InChI is InChI=1S/C15H23N/c1-2-3-12-4-6-13(7-5-12)14-8-10-15(16)11-9-14/h8-13H,2-7,16H2,1H3/t12-,13-. The van der Waals surface area contributed by atoms with Crippen molar-refractivity contribution in [2.24, 2.45) is 5.92 Å². The molecule has 88 valence electrons. The first-order valence-electron chi connectivity index (χ1n) is 6.65. The topological polar surface area (TPSA) is 26.0 Å². The van der Waals surface area contributed by atoms with Crippen LogP contribution in [0.5, 0.6) is 0 Å². The van der Waals surface area contributed by atoms with Gasteiger partial charge >= 0.3 is 0 Å². The minimum Gasteiger partial charge on any atom is -0.399 e. The lowest BCUT2D eigenvalue weighted by Crippen LogP contribution is -2.13. The van der Waals surface area contributed by atoms with Crippen molar-refractivity contribution >= 4 is 5.69 Å². The average molecular weight is 217 g/mol. The minimum absolute atomic E-state index is 0.786. The molecule has 1 aliphatic carbocycles. The Morgan fingerprint density at radius 2 is 1.69 bits per heavy atom. The van der Waals surface area contributed by atoms with Crippen LogP contribution in [0.1, 0.15) is 56.9 Å². The third-order valence-electron chi connectivity index (χ3n) is 3.95. The Kier molecular flexibility index (Phi) is 3.87. The second-order valence-electron chi connectivity index (χ2n) is 5.17. The zero-order valence-electron chi connectivity index (χ0n) is 10.3.